The monoisotopic (exact) mass is 1520 g/mol. The lowest BCUT2D eigenvalue weighted by atomic mass is 9.99. The summed E-state index contributed by atoms with van der Waals surface area (Å²) >= 11 is 0. The molecule has 0 atom stereocenters. The first-order valence-electron chi connectivity index (χ1n) is 40.2. The zero-order valence-electron chi connectivity index (χ0n) is 65.5. The molecule has 21 rings (SSSR count). The third-order valence-electron chi connectivity index (χ3n) is 24.4. The second-order valence-electron chi connectivity index (χ2n) is 31.7. The fourth-order valence-corrected chi connectivity index (χ4v) is 22.6. The molecular formula is C110H84N4Si2. The van der Waals surface area contributed by atoms with Crippen molar-refractivity contribution in [3.8, 4) is 78.4 Å². The van der Waals surface area contributed by atoms with Crippen LogP contribution in [0, 0.1) is 0 Å². The Balaban J connectivity index is 0.000000150. The van der Waals surface area contributed by atoms with E-state index in [1.165, 1.54) is 164 Å². The lowest BCUT2D eigenvalue weighted by Crippen LogP contribution is -2.52. The quantitative estimate of drug-likeness (QED) is 0.0912. The van der Waals surface area contributed by atoms with E-state index in [1.54, 1.807) is 0 Å². The van der Waals surface area contributed by atoms with Crippen LogP contribution >= 0.6 is 0 Å². The Labute approximate surface area is 679 Å². The molecule has 0 radical (unpaired) electrons. The first-order chi connectivity index (χ1) is 56.9. The van der Waals surface area contributed by atoms with E-state index in [9.17, 15) is 0 Å². The van der Waals surface area contributed by atoms with Crippen LogP contribution < -0.4 is 20.7 Å². The molecule has 21 aromatic rings. The van der Waals surface area contributed by atoms with E-state index in [4.69, 9.17) is 0 Å². The van der Waals surface area contributed by atoms with E-state index in [1.807, 2.05) is 12.2 Å². The maximum absolute atomic E-state index is 3.89. The number of hydrogen-bond donors (Lipinski definition) is 0. The minimum Gasteiger partial charge on any atom is -0.309 e. The van der Waals surface area contributed by atoms with Crippen LogP contribution in [0.5, 0.6) is 0 Å². The summed E-state index contributed by atoms with van der Waals surface area (Å²) in [5.41, 5.74) is 28.6. The molecule has 0 N–H and O–H groups in total. The van der Waals surface area contributed by atoms with Gasteiger partial charge in [0.15, 0.2) is 0 Å². The number of aromatic nitrogens is 4. The Kier molecular flexibility index (Phi) is 17.8. The van der Waals surface area contributed by atoms with Crippen LogP contribution in [0.3, 0.4) is 0 Å². The Hall–Kier alpha value is -14.1. The maximum atomic E-state index is 3.89. The van der Waals surface area contributed by atoms with Crippen LogP contribution in [0.2, 0.25) is 26.2 Å². The van der Waals surface area contributed by atoms with Gasteiger partial charge >= 0.3 is 0 Å². The van der Waals surface area contributed by atoms with Crippen molar-refractivity contribution in [3.05, 3.63) is 425 Å². The summed E-state index contributed by atoms with van der Waals surface area (Å²) in [6.45, 7) is 17.6. The minimum atomic E-state index is -1.97. The van der Waals surface area contributed by atoms with Gasteiger partial charge in [-0.15, -0.1) is 0 Å². The molecule has 0 bridgehead atoms. The van der Waals surface area contributed by atoms with Crippen molar-refractivity contribution in [3.63, 3.8) is 0 Å². The Morgan fingerprint density at radius 3 is 0.517 bits per heavy atom. The number of rotatable bonds is 15. The normalized spacial score (nSPS) is 11.9. The number of nitrogens with zero attached hydrogens (tertiary/aromatic N) is 4. The van der Waals surface area contributed by atoms with Gasteiger partial charge in [-0.05, 0) is 152 Å². The smallest absolute Gasteiger partial charge is 0.112 e. The van der Waals surface area contributed by atoms with E-state index in [0.717, 1.165) is 33.9 Å². The van der Waals surface area contributed by atoms with Crippen molar-refractivity contribution < 1.29 is 0 Å². The molecule has 0 aliphatic carbocycles. The van der Waals surface area contributed by atoms with Crippen LogP contribution in [-0.2, 0) is 0 Å². The fraction of sp³-hybridized carbons (Fsp3) is 0.0364. The second kappa shape index (κ2) is 29.1. The summed E-state index contributed by atoms with van der Waals surface area (Å²) in [6.07, 6.45) is 3.78. The lowest BCUT2D eigenvalue weighted by Gasteiger charge is -2.24. The summed E-state index contributed by atoms with van der Waals surface area (Å²) in [7, 11) is -3.89. The summed E-state index contributed by atoms with van der Waals surface area (Å²) in [5, 5.41) is 15.8. The van der Waals surface area contributed by atoms with Gasteiger partial charge < -0.3 is 18.3 Å². The molecule has 0 saturated carbocycles. The molecule has 4 nitrogen and oxygen atoms in total. The first kappa shape index (κ1) is 70.9. The molecule has 4 heterocycles. The second-order valence-corrected chi connectivity index (χ2v) is 40.6. The van der Waals surface area contributed by atoms with E-state index >= 15 is 0 Å². The molecule has 552 valence electrons. The largest absolute Gasteiger partial charge is 0.309 e. The SMILES string of the molecule is C=Cc1ccc(-c2ccc([Si](C)(C)c3ccc(-c4cc(-n5c6ccccc6c6ccccc65)cc(-n5c6ccccc6c6ccccc65)c4)cc3)cc2)cc1.C=Cc1ccc(-c2ccc([Si](C)(C)c3ccc(-c4ccc(-c5cc(-n6c7ccccc7c7ccccc76)cc(-n6c7ccccc7c7ccccc76)c5)cc4)cc3)cc2)cc1. The number of para-hydroxylation sites is 8. The molecule has 0 unspecified atom stereocenters. The number of fused-ring (bicyclic) bond motifs is 12. The van der Waals surface area contributed by atoms with Crippen LogP contribution in [0.25, 0.3) is 178 Å². The lowest BCUT2D eigenvalue weighted by molar-refractivity contribution is 1.13. The van der Waals surface area contributed by atoms with Gasteiger partial charge in [0.25, 0.3) is 0 Å². The van der Waals surface area contributed by atoms with Gasteiger partial charge in [0.1, 0.15) is 16.1 Å². The Bertz CT molecular complexity index is 6880. The predicted molar refractivity (Wildman–Crippen MR) is 504 cm³/mol. The molecule has 0 fully saturated rings. The number of benzene rings is 17. The molecule has 4 aromatic heterocycles. The van der Waals surface area contributed by atoms with Gasteiger partial charge in [-0.2, -0.15) is 0 Å². The highest BCUT2D eigenvalue weighted by atomic mass is 28.3. The molecule has 17 aromatic carbocycles. The van der Waals surface area contributed by atoms with Crippen LogP contribution in [0.4, 0.5) is 0 Å². The standard InChI is InChI=1S/C58H44N2Si.C52H40N2Si/c1-4-40-21-23-41(24-22-40)43-29-33-49(34-30-43)61(2,3)50-35-31-44(32-36-50)42-25-27-45(28-26-42)46-37-47(59-55-17-9-5-13-51(55)52-14-6-10-18-56(52)59)39-48(38-46)60-57-19-11-7-15-53(57)54-16-8-12-20-58(54)60;1-4-36-21-23-37(24-22-36)38-25-29-43(30-26-38)55(2,3)44-31-27-39(28-32-44)40-33-41(53-49-17-9-5-13-45(49)46-14-6-10-18-50(46)53)35-42(34-40)54-51-19-11-7-15-47(51)48-16-8-12-20-52(48)54/h4-39H,1H2,2-3H3;4-35H,1H2,2-3H3. The van der Waals surface area contributed by atoms with E-state index in [-0.39, 0.29) is 0 Å². The predicted octanol–water partition coefficient (Wildman–Crippen LogP) is 27.0. The molecular weight excluding hydrogens is 1430 g/mol. The van der Waals surface area contributed by atoms with Crippen molar-refractivity contribution in [1.29, 1.82) is 0 Å². The maximum Gasteiger partial charge on any atom is 0.112 e. The van der Waals surface area contributed by atoms with Crippen molar-refractivity contribution in [1.82, 2.24) is 18.3 Å². The van der Waals surface area contributed by atoms with Gasteiger partial charge in [0.2, 0.25) is 0 Å². The van der Waals surface area contributed by atoms with Crippen molar-refractivity contribution in [2.75, 3.05) is 0 Å². The zero-order valence-corrected chi connectivity index (χ0v) is 67.5. The van der Waals surface area contributed by atoms with Crippen molar-refractivity contribution >= 4 is 136 Å². The topological polar surface area (TPSA) is 19.7 Å². The van der Waals surface area contributed by atoms with Gasteiger partial charge in [0.05, 0.1) is 44.1 Å². The van der Waals surface area contributed by atoms with Gasteiger partial charge in [-0.25, -0.2) is 0 Å². The molecule has 6 heteroatoms. The van der Waals surface area contributed by atoms with Crippen LogP contribution in [0.1, 0.15) is 11.1 Å². The van der Waals surface area contributed by atoms with Crippen molar-refractivity contribution in [2.24, 2.45) is 0 Å². The summed E-state index contributed by atoms with van der Waals surface area (Å²) in [4.78, 5) is 0. The fourth-order valence-electron chi connectivity index (χ4n) is 18.0. The molecule has 0 spiro atoms. The third kappa shape index (κ3) is 12.5. The molecule has 0 aliphatic heterocycles. The molecule has 0 amide bonds. The van der Waals surface area contributed by atoms with E-state index in [2.05, 4.69) is 458 Å². The van der Waals surface area contributed by atoms with Crippen LogP contribution in [0.15, 0.2) is 414 Å². The minimum absolute atomic E-state index is 1.13. The van der Waals surface area contributed by atoms with Gasteiger partial charge in [-0.1, -0.05) is 388 Å². The first-order valence-corrected chi connectivity index (χ1v) is 46.2. The molecule has 116 heavy (non-hydrogen) atoms. The summed E-state index contributed by atoms with van der Waals surface area (Å²) in [5.74, 6) is 0. The molecule has 0 aliphatic rings. The highest BCUT2D eigenvalue weighted by molar-refractivity contribution is 7.01. The average Bonchev–Trinajstić information content (AvgIpc) is 1.57. The Morgan fingerprint density at radius 2 is 0.336 bits per heavy atom. The number of hydrogen-bond acceptors (Lipinski definition) is 0. The highest BCUT2D eigenvalue weighted by Gasteiger charge is 2.29. The third-order valence-corrected chi connectivity index (χ3v) is 31.5. The average molecular weight is 1520 g/mol. The van der Waals surface area contributed by atoms with Crippen molar-refractivity contribution in [2.45, 2.75) is 26.2 Å². The molecule has 0 saturated heterocycles. The van der Waals surface area contributed by atoms with Gasteiger partial charge in [0, 0.05) is 65.8 Å². The van der Waals surface area contributed by atoms with Gasteiger partial charge in [-0.3, -0.25) is 0 Å². The highest BCUT2D eigenvalue weighted by Crippen LogP contribution is 2.42. The van der Waals surface area contributed by atoms with E-state index in [0.29, 0.717) is 0 Å². The van der Waals surface area contributed by atoms with E-state index < -0.39 is 16.1 Å². The van der Waals surface area contributed by atoms with Crippen LogP contribution in [-0.4, -0.2) is 34.4 Å². The summed E-state index contributed by atoms with van der Waals surface area (Å²) < 4.78 is 9.74. The zero-order chi connectivity index (χ0) is 78.2. The summed E-state index contributed by atoms with van der Waals surface area (Å²) in [6, 6.07) is 148. The Morgan fingerprint density at radius 1 is 0.181 bits per heavy atom.